The molecule has 1 aliphatic carbocycles. The maximum Gasteiger partial charge on any atom is 0.308 e. The summed E-state index contributed by atoms with van der Waals surface area (Å²) in [6, 6.07) is 1.42. The van der Waals surface area contributed by atoms with Crippen molar-refractivity contribution in [2.75, 3.05) is 0 Å². The van der Waals surface area contributed by atoms with E-state index >= 15 is 0 Å². The van der Waals surface area contributed by atoms with Gasteiger partial charge >= 0.3 is 5.97 Å². The monoisotopic (exact) mass is 237 g/mol. The zero-order valence-electron chi connectivity index (χ0n) is 9.60. The molecule has 5 heteroatoms. The Morgan fingerprint density at radius 1 is 1.47 bits per heavy atom. The minimum Gasteiger partial charge on any atom is -0.481 e. The van der Waals surface area contributed by atoms with Gasteiger partial charge in [0, 0.05) is 11.6 Å². The number of carbonyl (C=O) groups is 2. The van der Waals surface area contributed by atoms with Crippen LogP contribution in [-0.2, 0) is 4.79 Å². The molecule has 1 aromatic rings. The van der Waals surface area contributed by atoms with Gasteiger partial charge in [0.2, 0.25) is 0 Å². The zero-order chi connectivity index (χ0) is 12.4. The SMILES string of the molecule is Cc1ccoc1C(=O)N[C@@H]1CCC[C@@H]1C(=O)O. The fourth-order valence-electron chi connectivity index (χ4n) is 2.27. The van der Waals surface area contributed by atoms with Crippen molar-refractivity contribution in [2.45, 2.75) is 32.2 Å². The van der Waals surface area contributed by atoms with Gasteiger partial charge < -0.3 is 14.8 Å². The van der Waals surface area contributed by atoms with Crippen LogP contribution in [0.3, 0.4) is 0 Å². The van der Waals surface area contributed by atoms with E-state index < -0.39 is 11.9 Å². The Kier molecular flexibility index (Phi) is 3.17. The molecule has 17 heavy (non-hydrogen) atoms. The summed E-state index contributed by atoms with van der Waals surface area (Å²) in [4.78, 5) is 22.8. The molecule has 92 valence electrons. The predicted octanol–water partition coefficient (Wildman–Crippen LogP) is 1.57. The Morgan fingerprint density at radius 2 is 2.24 bits per heavy atom. The molecule has 0 unspecified atom stereocenters. The standard InChI is InChI=1S/C12H15NO4/c1-7-5-6-17-10(7)11(14)13-9-4-2-3-8(9)12(15)16/h5-6,8-9H,2-4H2,1H3,(H,13,14)(H,15,16)/t8-,9+/m0/s1. The van der Waals surface area contributed by atoms with Crippen LogP contribution < -0.4 is 5.32 Å². The first-order chi connectivity index (χ1) is 8.09. The molecule has 2 N–H and O–H groups in total. The lowest BCUT2D eigenvalue weighted by Crippen LogP contribution is -2.40. The Hall–Kier alpha value is -1.78. The summed E-state index contributed by atoms with van der Waals surface area (Å²) in [6.07, 6.45) is 3.62. The van der Waals surface area contributed by atoms with E-state index in [0.29, 0.717) is 12.8 Å². The highest BCUT2D eigenvalue weighted by atomic mass is 16.4. The van der Waals surface area contributed by atoms with Gasteiger partial charge in [0.25, 0.3) is 5.91 Å². The van der Waals surface area contributed by atoms with Crippen molar-refractivity contribution in [3.05, 3.63) is 23.7 Å². The van der Waals surface area contributed by atoms with Crippen molar-refractivity contribution in [2.24, 2.45) is 5.92 Å². The third kappa shape index (κ3) is 2.33. The molecular formula is C12H15NO4. The second-order valence-corrected chi connectivity index (χ2v) is 4.39. The molecule has 1 heterocycles. The molecule has 1 fully saturated rings. The summed E-state index contributed by atoms with van der Waals surface area (Å²) >= 11 is 0. The number of amides is 1. The first kappa shape index (κ1) is 11.7. The summed E-state index contributed by atoms with van der Waals surface area (Å²) in [6.45, 7) is 1.78. The van der Waals surface area contributed by atoms with Gasteiger partial charge in [-0.3, -0.25) is 9.59 Å². The molecule has 1 aromatic heterocycles. The number of furan rings is 1. The summed E-state index contributed by atoms with van der Waals surface area (Å²) in [5, 5.41) is 11.7. The number of carbonyl (C=O) groups excluding carboxylic acids is 1. The van der Waals surface area contributed by atoms with Gasteiger partial charge in [0.15, 0.2) is 5.76 Å². The summed E-state index contributed by atoms with van der Waals surface area (Å²) in [7, 11) is 0. The normalized spacial score (nSPS) is 23.6. The lowest BCUT2D eigenvalue weighted by molar-refractivity contribution is -0.142. The quantitative estimate of drug-likeness (QED) is 0.836. The second-order valence-electron chi connectivity index (χ2n) is 4.39. The van der Waals surface area contributed by atoms with Crippen molar-refractivity contribution < 1.29 is 19.1 Å². The minimum absolute atomic E-state index is 0.265. The van der Waals surface area contributed by atoms with Gasteiger partial charge in [-0.25, -0.2) is 0 Å². The van der Waals surface area contributed by atoms with E-state index in [1.807, 2.05) is 0 Å². The van der Waals surface area contributed by atoms with Crippen LogP contribution in [0.15, 0.2) is 16.7 Å². The molecule has 0 aromatic carbocycles. The molecule has 0 aliphatic heterocycles. The predicted molar refractivity (Wildman–Crippen MR) is 59.7 cm³/mol. The minimum atomic E-state index is -0.844. The highest BCUT2D eigenvalue weighted by molar-refractivity contribution is 5.93. The summed E-state index contributed by atoms with van der Waals surface area (Å²) in [5.74, 6) is -1.38. The van der Waals surface area contributed by atoms with Crippen LogP contribution in [0.2, 0.25) is 0 Å². The van der Waals surface area contributed by atoms with Crippen molar-refractivity contribution in [1.82, 2.24) is 5.32 Å². The van der Waals surface area contributed by atoms with Gasteiger partial charge in [-0.2, -0.15) is 0 Å². The Morgan fingerprint density at radius 3 is 2.82 bits per heavy atom. The molecule has 1 saturated carbocycles. The number of rotatable bonds is 3. The Balaban J connectivity index is 2.04. The molecule has 0 bridgehead atoms. The van der Waals surface area contributed by atoms with Crippen molar-refractivity contribution >= 4 is 11.9 Å². The third-order valence-corrected chi connectivity index (χ3v) is 3.22. The van der Waals surface area contributed by atoms with Crippen LogP contribution in [0, 0.1) is 12.8 Å². The van der Waals surface area contributed by atoms with E-state index in [2.05, 4.69) is 5.32 Å². The molecule has 0 saturated heterocycles. The van der Waals surface area contributed by atoms with Crippen LogP contribution in [-0.4, -0.2) is 23.0 Å². The average molecular weight is 237 g/mol. The second kappa shape index (κ2) is 4.61. The van der Waals surface area contributed by atoms with Crippen molar-refractivity contribution in [3.63, 3.8) is 0 Å². The van der Waals surface area contributed by atoms with Crippen LogP contribution in [0.4, 0.5) is 0 Å². The first-order valence-electron chi connectivity index (χ1n) is 5.67. The van der Waals surface area contributed by atoms with Gasteiger partial charge in [-0.1, -0.05) is 6.42 Å². The van der Waals surface area contributed by atoms with Gasteiger partial charge in [-0.15, -0.1) is 0 Å². The molecule has 1 aliphatic rings. The summed E-state index contributed by atoms with van der Waals surface area (Å²) in [5.41, 5.74) is 0.757. The van der Waals surface area contributed by atoms with E-state index in [4.69, 9.17) is 9.52 Å². The van der Waals surface area contributed by atoms with E-state index in [0.717, 1.165) is 12.0 Å². The van der Waals surface area contributed by atoms with E-state index in [1.165, 1.54) is 6.26 Å². The molecular weight excluding hydrogens is 222 g/mol. The maximum absolute atomic E-state index is 11.9. The van der Waals surface area contributed by atoms with Gasteiger partial charge in [0.05, 0.1) is 12.2 Å². The highest BCUT2D eigenvalue weighted by Gasteiger charge is 2.34. The van der Waals surface area contributed by atoms with Crippen LogP contribution in [0.1, 0.15) is 35.4 Å². The van der Waals surface area contributed by atoms with Gasteiger partial charge in [-0.05, 0) is 25.8 Å². The lowest BCUT2D eigenvalue weighted by Gasteiger charge is -2.16. The van der Waals surface area contributed by atoms with Crippen LogP contribution >= 0.6 is 0 Å². The fourth-order valence-corrected chi connectivity index (χ4v) is 2.27. The smallest absolute Gasteiger partial charge is 0.308 e. The van der Waals surface area contributed by atoms with E-state index in [-0.39, 0.29) is 17.7 Å². The number of carboxylic acid groups (broad SMARTS) is 1. The number of carboxylic acids is 1. The van der Waals surface area contributed by atoms with E-state index in [9.17, 15) is 9.59 Å². The molecule has 2 atom stereocenters. The zero-order valence-corrected chi connectivity index (χ0v) is 9.60. The lowest BCUT2D eigenvalue weighted by atomic mass is 10.0. The highest BCUT2D eigenvalue weighted by Crippen LogP contribution is 2.26. The van der Waals surface area contributed by atoms with Gasteiger partial charge in [0.1, 0.15) is 0 Å². The van der Waals surface area contributed by atoms with Crippen molar-refractivity contribution in [3.8, 4) is 0 Å². The molecule has 1 amide bonds. The molecule has 5 nitrogen and oxygen atoms in total. The van der Waals surface area contributed by atoms with Crippen LogP contribution in [0.5, 0.6) is 0 Å². The maximum atomic E-state index is 11.9. The number of hydrogen-bond acceptors (Lipinski definition) is 3. The Labute approximate surface area is 98.8 Å². The van der Waals surface area contributed by atoms with Crippen molar-refractivity contribution in [1.29, 1.82) is 0 Å². The fraction of sp³-hybridized carbons (Fsp3) is 0.500. The topological polar surface area (TPSA) is 79.5 Å². The number of nitrogens with one attached hydrogen (secondary N) is 1. The molecule has 0 radical (unpaired) electrons. The number of hydrogen-bond donors (Lipinski definition) is 2. The molecule has 2 rings (SSSR count). The number of aryl methyl sites for hydroxylation is 1. The first-order valence-corrected chi connectivity index (χ1v) is 5.67. The largest absolute Gasteiger partial charge is 0.481 e. The van der Waals surface area contributed by atoms with E-state index in [1.54, 1.807) is 13.0 Å². The summed E-state index contributed by atoms with van der Waals surface area (Å²) < 4.78 is 5.07. The number of aliphatic carboxylic acids is 1. The Bertz CT molecular complexity index is 437. The van der Waals surface area contributed by atoms with Crippen LogP contribution in [0.25, 0.3) is 0 Å². The third-order valence-electron chi connectivity index (χ3n) is 3.22. The molecule has 0 spiro atoms. The average Bonchev–Trinajstić information content (AvgIpc) is 2.86.